The SMILES string of the molecule is O=C(Oc1ccc(Br)cc1/C=N/NC(=S)Nc1ccccc1)c1ccccc1Cl. The minimum absolute atomic E-state index is 0.284. The van der Waals surface area contributed by atoms with Crippen molar-refractivity contribution < 1.29 is 9.53 Å². The van der Waals surface area contributed by atoms with Crippen LogP contribution in [0.1, 0.15) is 15.9 Å². The number of benzene rings is 3. The molecule has 0 spiro atoms. The van der Waals surface area contributed by atoms with Crippen molar-refractivity contribution >= 4 is 62.7 Å². The molecule has 3 aromatic carbocycles. The quantitative estimate of drug-likeness (QED) is 0.160. The predicted octanol–water partition coefficient (Wildman–Crippen LogP) is 5.64. The fourth-order valence-electron chi connectivity index (χ4n) is 2.34. The van der Waals surface area contributed by atoms with E-state index >= 15 is 0 Å². The number of esters is 1. The monoisotopic (exact) mass is 487 g/mol. The van der Waals surface area contributed by atoms with Gasteiger partial charge in [-0.1, -0.05) is 57.9 Å². The van der Waals surface area contributed by atoms with E-state index in [0.29, 0.717) is 21.4 Å². The predicted molar refractivity (Wildman–Crippen MR) is 124 cm³/mol. The van der Waals surface area contributed by atoms with E-state index < -0.39 is 5.97 Å². The van der Waals surface area contributed by atoms with Gasteiger partial charge in [0, 0.05) is 15.7 Å². The number of nitrogens with one attached hydrogen (secondary N) is 2. The number of para-hydroxylation sites is 1. The fourth-order valence-corrected chi connectivity index (χ4v) is 3.10. The molecule has 0 unspecified atom stereocenters. The van der Waals surface area contributed by atoms with Crippen molar-refractivity contribution in [1.82, 2.24) is 5.43 Å². The maximum atomic E-state index is 12.4. The number of thiocarbonyl (C=S) groups is 1. The first-order valence-corrected chi connectivity index (χ1v) is 10.0. The number of carbonyl (C=O) groups is 1. The number of hydrogen-bond donors (Lipinski definition) is 2. The van der Waals surface area contributed by atoms with Gasteiger partial charge in [-0.3, -0.25) is 5.43 Å². The first kappa shape index (κ1) is 21.0. The van der Waals surface area contributed by atoms with E-state index in [2.05, 4.69) is 31.8 Å². The molecule has 3 rings (SSSR count). The summed E-state index contributed by atoms with van der Waals surface area (Å²) in [6, 6.07) is 21.4. The van der Waals surface area contributed by atoms with Crippen molar-refractivity contribution in [1.29, 1.82) is 0 Å². The smallest absolute Gasteiger partial charge is 0.345 e. The minimum Gasteiger partial charge on any atom is -0.422 e. The molecule has 0 atom stereocenters. The molecule has 0 heterocycles. The number of carbonyl (C=O) groups excluding carboxylic acids is 1. The van der Waals surface area contributed by atoms with Crippen molar-refractivity contribution in [3.63, 3.8) is 0 Å². The van der Waals surface area contributed by atoms with Gasteiger partial charge in [0.25, 0.3) is 0 Å². The molecule has 0 amide bonds. The summed E-state index contributed by atoms with van der Waals surface area (Å²) < 4.78 is 6.32. The van der Waals surface area contributed by atoms with Gasteiger partial charge in [0.1, 0.15) is 5.75 Å². The van der Waals surface area contributed by atoms with Gasteiger partial charge in [0.15, 0.2) is 5.11 Å². The standard InChI is InChI=1S/C21H15BrClN3O2S/c22-15-10-11-19(28-20(27)17-8-4-5-9-18(17)23)14(12-15)13-24-26-21(29)25-16-6-2-1-3-7-16/h1-13H,(H2,25,26,29)/b24-13+. The minimum atomic E-state index is -0.554. The van der Waals surface area contributed by atoms with E-state index in [0.717, 1.165) is 10.2 Å². The molecule has 146 valence electrons. The Hall–Kier alpha value is -2.74. The molecule has 3 aromatic rings. The lowest BCUT2D eigenvalue weighted by Gasteiger charge is -2.09. The summed E-state index contributed by atoms with van der Waals surface area (Å²) >= 11 is 14.7. The second-order valence-electron chi connectivity index (χ2n) is 5.74. The van der Waals surface area contributed by atoms with E-state index in [1.807, 2.05) is 30.3 Å². The van der Waals surface area contributed by atoms with Crippen molar-refractivity contribution in [3.8, 4) is 5.75 Å². The van der Waals surface area contributed by atoms with Gasteiger partial charge in [-0.2, -0.15) is 5.10 Å². The topological polar surface area (TPSA) is 62.7 Å². The Morgan fingerprint density at radius 3 is 2.55 bits per heavy atom. The average molecular weight is 489 g/mol. The Labute approximate surface area is 186 Å². The number of anilines is 1. The summed E-state index contributed by atoms with van der Waals surface area (Å²) in [6.07, 6.45) is 1.51. The van der Waals surface area contributed by atoms with Gasteiger partial charge in [-0.25, -0.2) is 4.79 Å². The van der Waals surface area contributed by atoms with Crippen molar-refractivity contribution in [3.05, 3.63) is 93.4 Å². The molecule has 0 saturated carbocycles. The Kier molecular flexibility index (Phi) is 7.35. The van der Waals surface area contributed by atoms with Crippen LogP contribution in [0.3, 0.4) is 0 Å². The zero-order valence-corrected chi connectivity index (χ0v) is 18.1. The Balaban J connectivity index is 1.70. The maximum absolute atomic E-state index is 12.4. The molecule has 29 heavy (non-hydrogen) atoms. The van der Waals surface area contributed by atoms with Crippen molar-refractivity contribution in [2.45, 2.75) is 0 Å². The molecular formula is C21H15BrClN3O2S. The molecule has 0 saturated heterocycles. The molecule has 0 aliphatic heterocycles. The van der Waals surface area contributed by atoms with Crippen LogP contribution in [0, 0.1) is 0 Å². The molecule has 0 radical (unpaired) electrons. The highest BCUT2D eigenvalue weighted by Gasteiger charge is 2.14. The Bertz CT molecular complexity index is 1060. The molecule has 0 fully saturated rings. The van der Waals surface area contributed by atoms with Crippen LogP contribution >= 0.6 is 39.7 Å². The number of nitrogens with zero attached hydrogens (tertiary/aromatic N) is 1. The van der Waals surface area contributed by atoms with Crippen LogP contribution in [-0.4, -0.2) is 17.3 Å². The molecule has 8 heteroatoms. The van der Waals surface area contributed by atoms with Crippen LogP contribution < -0.4 is 15.5 Å². The van der Waals surface area contributed by atoms with Crippen LogP contribution in [0.15, 0.2) is 82.4 Å². The van der Waals surface area contributed by atoms with Crippen molar-refractivity contribution in [2.75, 3.05) is 5.32 Å². The summed E-state index contributed by atoms with van der Waals surface area (Å²) in [5.41, 5.74) is 4.44. The molecular weight excluding hydrogens is 474 g/mol. The third-order valence-electron chi connectivity index (χ3n) is 3.67. The highest BCUT2D eigenvalue weighted by molar-refractivity contribution is 9.10. The highest BCUT2D eigenvalue weighted by atomic mass is 79.9. The second kappa shape index (κ2) is 10.2. The van der Waals surface area contributed by atoms with Crippen LogP contribution in [0.25, 0.3) is 0 Å². The molecule has 0 aliphatic carbocycles. The van der Waals surface area contributed by atoms with Gasteiger partial charge in [-0.05, 0) is 54.7 Å². The van der Waals surface area contributed by atoms with E-state index in [1.54, 1.807) is 42.5 Å². The van der Waals surface area contributed by atoms with Gasteiger partial charge in [0.05, 0.1) is 16.8 Å². The number of hydrazone groups is 1. The van der Waals surface area contributed by atoms with Gasteiger partial charge < -0.3 is 10.1 Å². The first-order chi connectivity index (χ1) is 14.0. The molecule has 0 aromatic heterocycles. The number of halogens is 2. The zero-order chi connectivity index (χ0) is 20.6. The number of ether oxygens (including phenoxy) is 1. The lowest BCUT2D eigenvalue weighted by atomic mass is 10.2. The van der Waals surface area contributed by atoms with Crippen LogP contribution in [0.2, 0.25) is 5.02 Å². The summed E-state index contributed by atoms with van der Waals surface area (Å²) in [7, 11) is 0. The first-order valence-electron chi connectivity index (χ1n) is 8.44. The van der Waals surface area contributed by atoms with E-state index in [9.17, 15) is 4.79 Å². The number of hydrogen-bond acceptors (Lipinski definition) is 4. The van der Waals surface area contributed by atoms with Crippen LogP contribution in [0.4, 0.5) is 5.69 Å². The van der Waals surface area contributed by atoms with E-state index in [1.165, 1.54) is 6.21 Å². The highest BCUT2D eigenvalue weighted by Crippen LogP contribution is 2.24. The molecule has 5 nitrogen and oxygen atoms in total. The summed E-state index contributed by atoms with van der Waals surface area (Å²) in [5.74, 6) is -0.215. The number of rotatable bonds is 5. The third kappa shape index (κ3) is 6.12. The zero-order valence-electron chi connectivity index (χ0n) is 14.9. The molecule has 2 N–H and O–H groups in total. The third-order valence-corrected chi connectivity index (χ3v) is 4.69. The Morgan fingerprint density at radius 2 is 1.79 bits per heavy atom. The second-order valence-corrected chi connectivity index (χ2v) is 7.47. The lowest BCUT2D eigenvalue weighted by molar-refractivity contribution is 0.0734. The summed E-state index contributed by atoms with van der Waals surface area (Å²) in [6.45, 7) is 0. The fraction of sp³-hybridized carbons (Fsp3) is 0. The molecule has 0 bridgehead atoms. The summed E-state index contributed by atoms with van der Waals surface area (Å²) in [5, 5.41) is 7.79. The molecule has 0 aliphatic rings. The van der Waals surface area contributed by atoms with Crippen molar-refractivity contribution in [2.24, 2.45) is 5.10 Å². The maximum Gasteiger partial charge on any atom is 0.345 e. The average Bonchev–Trinajstić information content (AvgIpc) is 2.71. The van der Waals surface area contributed by atoms with Gasteiger partial charge in [0.2, 0.25) is 0 Å². The van der Waals surface area contributed by atoms with Crippen LogP contribution in [0.5, 0.6) is 5.75 Å². The Morgan fingerprint density at radius 1 is 1.07 bits per heavy atom. The normalized spacial score (nSPS) is 10.6. The van der Waals surface area contributed by atoms with E-state index in [-0.39, 0.29) is 5.56 Å². The van der Waals surface area contributed by atoms with Gasteiger partial charge in [-0.15, -0.1) is 0 Å². The lowest BCUT2D eigenvalue weighted by Crippen LogP contribution is -2.23. The van der Waals surface area contributed by atoms with Crippen LogP contribution in [-0.2, 0) is 0 Å². The van der Waals surface area contributed by atoms with Gasteiger partial charge >= 0.3 is 5.97 Å². The van der Waals surface area contributed by atoms with E-state index in [4.69, 9.17) is 28.6 Å². The summed E-state index contributed by atoms with van der Waals surface area (Å²) in [4.78, 5) is 12.4. The largest absolute Gasteiger partial charge is 0.422 e.